The van der Waals surface area contributed by atoms with Gasteiger partial charge in [0.15, 0.2) is 11.0 Å². The average Bonchev–Trinajstić information content (AvgIpc) is 3.84. The van der Waals surface area contributed by atoms with Gasteiger partial charge < -0.3 is 10.1 Å². The lowest BCUT2D eigenvalue weighted by Gasteiger charge is -2.22. The zero-order valence-corrected chi connectivity index (χ0v) is 26.8. The van der Waals surface area contributed by atoms with Gasteiger partial charge in [-0.2, -0.15) is 5.10 Å². The monoisotopic (exact) mass is 686 g/mol. The van der Waals surface area contributed by atoms with E-state index in [1.165, 1.54) is 23.1 Å². The SMILES string of the molecule is COc1ccc(C2CC(c3ccc(Br)cc3)=NN2C(=O)CSc2nnc(CNC(=O)c3cccs3)n2-c2ccccc2)cc1. The summed E-state index contributed by atoms with van der Waals surface area (Å²) in [6, 6.07) is 28.7. The Balaban J connectivity index is 1.24. The van der Waals surface area contributed by atoms with Gasteiger partial charge in [-0.15, -0.1) is 21.5 Å². The Morgan fingerprint density at radius 2 is 1.77 bits per heavy atom. The van der Waals surface area contributed by atoms with Crippen LogP contribution in [0.3, 0.4) is 0 Å². The second-order valence-electron chi connectivity index (χ2n) is 9.80. The van der Waals surface area contributed by atoms with E-state index >= 15 is 0 Å². The van der Waals surface area contributed by atoms with Crippen LogP contribution in [0.5, 0.6) is 5.75 Å². The highest BCUT2D eigenvalue weighted by atomic mass is 79.9. The van der Waals surface area contributed by atoms with E-state index in [9.17, 15) is 9.59 Å². The zero-order valence-electron chi connectivity index (χ0n) is 23.6. The molecule has 0 saturated carbocycles. The molecule has 2 aromatic heterocycles. The van der Waals surface area contributed by atoms with Gasteiger partial charge in [0.2, 0.25) is 0 Å². The number of hydrazone groups is 1. The van der Waals surface area contributed by atoms with Crippen molar-refractivity contribution in [2.75, 3.05) is 12.9 Å². The fraction of sp³-hybridized carbons (Fsp3) is 0.156. The number of thioether (sulfide) groups is 1. The van der Waals surface area contributed by atoms with Crippen molar-refractivity contribution >= 4 is 56.6 Å². The number of thiophene rings is 1. The molecule has 1 atom stereocenters. The molecule has 222 valence electrons. The molecule has 5 aromatic rings. The number of hydrogen-bond donors (Lipinski definition) is 1. The molecule has 1 aliphatic heterocycles. The number of benzene rings is 3. The van der Waals surface area contributed by atoms with Crippen LogP contribution in [0.4, 0.5) is 0 Å². The molecule has 1 N–H and O–H groups in total. The van der Waals surface area contributed by atoms with Gasteiger partial charge in [0.1, 0.15) is 5.75 Å². The fourth-order valence-corrected chi connectivity index (χ4v) is 6.56. The molecule has 1 unspecified atom stereocenters. The molecule has 0 radical (unpaired) electrons. The third-order valence-corrected chi connectivity index (χ3v) is 9.35. The molecule has 2 amide bonds. The van der Waals surface area contributed by atoms with E-state index in [1.54, 1.807) is 18.2 Å². The van der Waals surface area contributed by atoms with Crippen LogP contribution in [0.25, 0.3) is 5.69 Å². The van der Waals surface area contributed by atoms with Gasteiger partial charge in [-0.3, -0.25) is 14.2 Å². The summed E-state index contributed by atoms with van der Waals surface area (Å²) in [6.07, 6.45) is 0.582. The van der Waals surface area contributed by atoms with Crippen molar-refractivity contribution in [2.45, 2.75) is 24.2 Å². The van der Waals surface area contributed by atoms with Crippen LogP contribution in [0.2, 0.25) is 0 Å². The second kappa shape index (κ2) is 13.6. The van der Waals surface area contributed by atoms with E-state index in [0.717, 1.165) is 32.7 Å². The largest absolute Gasteiger partial charge is 0.497 e. The number of aromatic nitrogens is 3. The number of nitrogens with one attached hydrogen (secondary N) is 1. The first-order valence-electron chi connectivity index (χ1n) is 13.7. The third kappa shape index (κ3) is 6.62. The van der Waals surface area contributed by atoms with Crippen molar-refractivity contribution in [1.29, 1.82) is 0 Å². The molecular weight excluding hydrogens is 660 g/mol. The summed E-state index contributed by atoms with van der Waals surface area (Å²) in [5.74, 6) is 1.07. The van der Waals surface area contributed by atoms with Gasteiger partial charge in [-0.05, 0) is 59.0 Å². The highest BCUT2D eigenvalue weighted by Gasteiger charge is 2.33. The maximum absolute atomic E-state index is 13.8. The molecule has 0 saturated heterocycles. The van der Waals surface area contributed by atoms with Crippen LogP contribution in [-0.2, 0) is 11.3 Å². The Hall–Kier alpha value is -4.26. The summed E-state index contributed by atoms with van der Waals surface area (Å²) in [7, 11) is 1.63. The van der Waals surface area contributed by atoms with E-state index in [-0.39, 0.29) is 30.2 Å². The first-order chi connectivity index (χ1) is 21.5. The molecule has 9 nitrogen and oxygen atoms in total. The lowest BCUT2D eigenvalue weighted by atomic mass is 9.98. The van der Waals surface area contributed by atoms with Crippen LogP contribution < -0.4 is 10.1 Å². The summed E-state index contributed by atoms with van der Waals surface area (Å²) < 4.78 is 8.18. The highest BCUT2D eigenvalue weighted by Crippen LogP contribution is 2.35. The molecule has 3 aromatic carbocycles. The molecule has 0 aliphatic carbocycles. The summed E-state index contributed by atoms with van der Waals surface area (Å²) in [4.78, 5) is 27.0. The van der Waals surface area contributed by atoms with E-state index in [4.69, 9.17) is 9.84 Å². The van der Waals surface area contributed by atoms with E-state index in [2.05, 4.69) is 31.4 Å². The van der Waals surface area contributed by atoms with Crippen LogP contribution in [0.1, 0.15) is 39.1 Å². The van der Waals surface area contributed by atoms with Gasteiger partial charge >= 0.3 is 0 Å². The van der Waals surface area contributed by atoms with Crippen LogP contribution in [-0.4, -0.2) is 50.2 Å². The molecule has 0 bridgehead atoms. The minimum Gasteiger partial charge on any atom is -0.497 e. The Morgan fingerprint density at radius 1 is 1.00 bits per heavy atom. The Morgan fingerprint density at radius 3 is 2.48 bits per heavy atom. The number of hydrogen-bond acceptors (Lipinski definition) is 8. The minimum absolute atomic E-state index is 0.0935. The van der Waals surface area contributed by atoms with Crippen LogP contribution in [0, 0.1) is 0 Å². The summed E-state index contributed by atoms with van der Waals surface area (Å²) in [5, 5.41) is 20.5. The number of para-hydroxylation sites is 1. The topological polar surface area (TPSA) is 102 Å². The first kappa shape index (κ1) is 29.8. The maximum Gasteiger partial charge on any atom is 0.261 e. The van der Waals surface area contributed by atoms with E-state index < -0.39 is 0 Å². The van der Waals surface area contributed by atoms with E-state index in [1.807, 2.05) is 94.9 Å². The van der Waals surface area contributed by atoms with Crippen molar-refractivity contribution in [3.63, 3.8) is 0 Å². The number of rotatable bonds is 10. The number of ether oxygens (including phenoxy) is 1. The fourth-order valence-electron chi connectivity index (χ4n) is 4.83. The van der Waals surface area contributed by atoms with Gasteiger partial charge in [0, 0.05) is 16.6 Å². The van der Waals surface area contributed by atoms with Gasteiger partial charge in [0.05, 0.1) is 36.0 Å². The predicted octanol–water partition coefficient (Wildman–Crippen LogP) is 6.50. The van der Waals surface area contributed by atoms with E-state index in [0.29, 0.717) is 22.3 Å². The Labute approximate surface area is 271 Å². The molecular formula is C32H27BrN6O3S2. The average molecular weight is 688 g/mol. The number of carbonyl (C=O) groups excluding carboxylic acids is 2. The smallest absolute Gasteiger partial charge is 0.261 e. The van der Waals surface area contributed by atoms with Gasteiger partial charge in [-0.1, -0.05) is 76.2 Å². The lowest BCUT2D eigenvalue weighted by molar-refractivity contribution is -0.130. The molecule has 0 spiro atoms. The Kier molecular flexibility index (Phi) is 9.20. The molecule has 44 heavy (non-hydrogen) atoms. The second-order valence-corrected chi connectivity index (χ2v) is 12.6. The van der Waals surface area contributed by atoms with Gasteiger partial charge in [-0.25, -0.2) is 5.01 Å². The van der Waals surface area contributed by atoms with Crippen molar-refractivity contribution in [2.24, 2.45) is 5.10 Å². The minimum atomic E-state index is -0.261. The summed E-state index contributed by atoms with van der Waals surface area (Å²) in [6.45, 7) is 0.180. The number of nitrogens with zero attached hydrogens (tertiary/aromatic N) is 5. The molecule has 12 heteroatoms. The highest BCUT2D eigenvalue weighted by molar-refractivity contribution is 9.10. The standard InChI is InChI=1S/C32H27BrN6O3S2/c1-42-25-15-11-22(12-16-25)27-18-26(21-9-13-23(33)14-10-21)37-39(27)30(40)20-44-32-36-35-29(38(32)24-6-3-2-4-7-24)19-34-31(41)28-8-5-17-43-28/h2-17,27H,18-20H2,1H3,(H,34,41). The maximum atomic E-state index is 13.8. The van der Waals surface area contributed by atoms with Crippen molar-refractivity contribution in [1.82, 2.24) is 25.1 Å². The number of carbonyl (C=O) groups is 2. The quantitative estimate of drug-likeness (QED) is 0.168. The van der Waals surface area contributed by atoms with Crippen LogP contribution >= 0.6 is 39.0 Å². The normalized spacial score (nSPS) is 14.4. The summed E-state index contributed by atoms with van der Waals surface area (Å²) in [5.41, 5.74) is 3.61. The van der Waals surface area contributed by atoms with Crippen molar-refractivity contribution in [3.8, 4) is 11.4 Å². The number of halogens is 1. The molecule has 6 rings (SSSR count). The number of methoxy groups -OCH3 is 1. The molecule has 3 heterocycles. The van der Waals surface area contributed by atoms with Crippen molar-refractivity contribution < 1.29 is 14.3 Å². The van der Waals surface area contributed by atoms with Crippen LogP contribution in [0.15, 0.2) is 111 Å². The number of amides is 2. The summed E-state index contributed by atoms with van der Waals surface area (Å²) >= 11 is 6.15. The third-order valence-electron chi connectivity index (χ3n) is 7.04. The zero-order chi connectivity index (χ0) is 30.5. The first-order valence-corrected chi connectivity index (χ1v) is 16.4. The Bertz CT molecular complexity index is 1780. The lowest BCUT2D eigenvalue weighted by Crippen LogP contribution is -2.28. The molecule has 1 aliphatic rings. The van der Waals surface area contributed by atoms with Gasteiger partial charge in [0.25, 0.3) is 11.8 Å². The molecule has 0 fully saturated rings. The van der Waals surface area contributed by atoms with Crippen molar-refractivity contribution in [3.05, 3.63) is 123 Å². The predicted molar refractivity (Wildman–Crippen MR) is 175 cm³/mol.